The van der Waals surface area contributed by atoms with Crippen molar-refractivity contribution in [1.29, 1.82) is 0 Å². The predicted molar refractivity (Wildman–Crippen MR) is 91.5 cm³/mol. The minimum atomic E-state index is -0.355. The van der Waals surface area contributed by atoms with Gasteiger partial charge < -0.3 is 4.57 Å². The van der Waals surface area contributed by atoms with Crippen molar-refractivity contribution in [1.82, 2.24) is 4.57 Å². The van der Waals surface area contributed by atoms with Crippen LogP contribution in [0, 0.1) is 24.0 Å². The summed E-state index contributed by atoms with van der Waals surface area (Å²) in [7, 11) is 0. The second-order valence-electron chi connectivity index (χ2n) is 5.66. The van der Waals surface area contributed by atoms with Crippen molar-refractivity contribution < 1.29 is 4.92 Å². The van der Waals surface area contributed by atoms with Gasteiger partial charge in [0.25, 0.3) is 5.69 Å². The van der Waals surface area contributed by atoms with E-state index in [0.717, 1.165) is 29.1 Å². The molecule has 116 valence electrons. The molecule has 0 aliphatic carbocycles. The summed E-state index contributed by atoms with van der Waals surface area (Å²) in [6, 6.07) is 19.2. The molecule has 0 saturated carbocycles. The maximum Gasteiger partial charge on any atom is 0.270 e. The number of non-ortho nitro benzene ring substituents is 1. The monoisotopic (exact) mass is 306 g/mol. The Morgan fingerprint density at radius 3 is 2.43 bits per heavy atom. The third kappa shape index (κ3) is 3.01. The minimum absolute atomic E-state index is 0.121. The van der Waals surface area contributed by atoms with E-state index in [4.69, 9.17) is 0 Å². The molecule has 1 aromatic heterocycles. The second kappa shape index (κ2) is 6.08. The Labute approximate surface area is 135 Å². The molecule has 0 bridgehead atoms. The lowest BCUT2D eigenvalue weighted by Gasteiger charge is -2.10. The molecule has 0 amide bonds. The molecule has 0 atom stereocenters. The Balaban J connectivity index is 2.01. The quantitative estimate of drug-likeness (QED) is 0.517. The van der Waals surface area contributed by atoms with E-state index in [0.29, 0.717) is 0 Å². The van der Waals surface area contributed by atoms with Gasteiger partial charge in [-0.3, -0.25) is 10.1 Å². The van der Waals surface area contributed by atoms with Crippen LogP contribution in [0.15, 0.2) is 60.7 Å². The number of nitrogens with zero attached hydrogens (tertiary/aromatic N) is 2. The van der Waals surface area contributed by atoms with Crippen LogP contribution in [0.4, 0.5) is 5.69 Å². The zero-order chi connectivity index (χ0) is 16.4. The topological polar surface area (TPSA) is 48.1 Å². The maximum absolute atomic E-state index is 11.0. The molecule has 0 aliphatic rings. The molecule has 23 heavy (non-hydrogen) atoms. The third-order valence-corrected chi connectivity index (χ3v) is 4.13. The summed E-state index contributed by atoms with van der Waals surface area (Å²) in [4.78, 5) is 10.6. The Kier molecular flexibility index (Phi) is 3.98. The zero-order valence-corrected chi connectivity index (χ0v) is 13.2. The Morgan fingerprint density at radius 1 is 1.00 bits per heavy atom. The largest absolute Gasteiger partial charge is 0.344 e. The van der Waals surface area contributed by atoms with Crippen LogP contribution in [-0.4, -0.2) is 9.49 Å². The molecule has 0 spiro atoms. The van der Waals surface area contributed by atoms with Crippen LogP contribution in [0.2, 0.25) is 0 Å². The van der Waals surface area contributed by atoms with Gasteiger partial charge in [0, 0.05) is 35.6 Å². The lowest BCUT2D eigenvalue weighted by molar-refractivity contribution is -0.384. The van der Waals surface area contributed by atoms with Crippen LogP contribution in [0.3, 0.4) is 0 Å². The normalized spacial score (nSPS) is 10.7. The highest BCUT2D eigenvalue weighted by atomic mass is 16.6. The van der Waals surface area contributed by atoms with Crippen molar-refractivity contribution in [2.24, 2.45) is 0 Å². The molecule has 3 aromatic rings. The number of aryl methyl sites for hydroxylation is 1. The molecule has 0 unspecified atom stereocenters. The van der Waals surface area contributed by atoms with Gasteiger partial charge >= 0.3 is 0 Å². The smallest absolute Gasteiger partial charge is 0.270 e. The molecule has 4 heteroatoms. The van der Waals surface area contributed by atoms with Crippen LogP contribution < -0.4 is 0 Å². The SMILES string of the molecule is Cc1cc(-c2cccc([N+](=O)[O-])c2)c(C)n1Cc1ccccc1. The zero-order valence-electron chi connectivity index (χ0n) is 13.2. The highest BCUT2D eigenvalue weighted by molar-refractivity contribution is 5.69. The first-order chi connectivity index (χ1) is 11.1. The maximum atomic E-state index is 11.0. The van der Waals surface area contributed by atoms with Crippen molar-refractivity contribution in [3.05, 3.63) is 87.7 Å². The molecule has 0 fully saturated rings. The molecule has 0 aliphatic heterocycles. The minimum Gasteiger partial charge on any atom is -0.344 e. The molecule has 1 heterocycles. The highest BCUT2D eigenvalue weighted by Crippen LogP contribution is 2.29. The molecule has 3 rings (SSSR count). The molecular formula is C19H18N2O2. The van der Waals surface area contributed by atoms with Crippen molar-refractivity contribution in [3.8, 4) is 11.1 Å². The van der Waals surface area contributed by atoms with Gasteiger partial charge in [-0.1, -0.05) is 42.5 Å². The van der Waals surface area contributed by atoms with Crippen LogP contribution >= 0.6 is 0 Å². The van der Waals surface area contributed by atoms with Crippen molar-refractivity contribution in [2.75, 3.05) is 0 Å². The molecule has 0 radical (unpaired) electrons. The fourth-order valence-corrected chi connectivity index (χ4v) is 2.89. The number of benzene rings is 2. The Bertz CT molecular complexity index is 851. The molecule has 2 aromatic carbocycles. The highest BCUT2D eigenvalue weighted by Gasteiger charge is 2.13. The average molecular weight is 306 g/mol. The van der Waals surface area contributed by atoms with E-state index in [1.807, 2.05) is 24.3 Å². The van der Waals surface area contributed by atoms with Gasteiger partial charge in [-0.25, -0.2) is 0 Å². The van der Waals surface area contributed by atoms with Gasteiger partial charge in [0.05, 0.1) is 4.92 Å². The number of nitro groups is 1. The van der Waals surface area contributed by atoms with Gasteiger partial charge in [0.15, 0.2) is 0 Å². The standard InChI is InChI=1S/C19H18N2O2/c1-14-11-19(17-9-6-10-18(12-17)21(22)23)15(2)20(14)13-16-7-4-3-5-8-16/h3-12H,13H2,1-2H3. The first-order valence-electron chi connectivity index (χ1n) is 7.52. The summed E-state index contributed by atoms with van der Waals surface area (Å²) in [6.45, 7) is 4.92. The summed E-state index contributed by atoms with van der Waals surface area (Å²) in [5, 5.41) is 11.0. The van der Waals surface area contributed by atoms with Gasteiger partial charge in [-0.15, -0.1) is 0 Å². The first kappa shape index (κ1) is 15.0. The number of nitro benzene ring substituents is 1. The van der Waals surface area contributed by atoms with E-state index in [1.54, 1.807) is 12.1 Å². The first-order valence-corrected chi connectivity index (χ1v) is 7.52. The van der Waals surface area contributed by atoms with Crippen LogP contribution in [0.25, 0.3) is 11.1 Å². The number of hydrogen-bond donors (Lipinski definition) is 0. The van der Waals surface area contributed by atoms with Gasteiger partial charge in [0.1, 0.15) is 0 Å². The Morgan fingerprint density at radius 2 is 1.74 bits per heavy atom. The van der Waals surface area contributed by atoms with E-state index in [2.05, 4.69) is 36.6 Å². The summed E-state index contributed by atoms with van der Waals surface area (Å²) in [5.74, 6) is 0. The number of hydrogen-bond acceptors (Lipinski definition) is 2. The average Bonchev–Trinajstić information content (AvgIpc) is 2.84. The second-order valence-corrected chi connectivity index (χ2v) is 5.66. The summed E-state index contributed by atoms with van der Waals surface area (Å²) < 4.78 is 2.24. The molecule has 0 saturated heterocycles. The summed E-state index contributed by atoms with van der Waals surface area (Å²) in [6.07, 6.45) is 0. The van der Waals surface area contributed by atoms with Crippen LogP contribution in [0.5, 0.6) is 0 Å². The van der Waals surface area contributed by atoms with Crippen molar-refractivity contribution >= 4 is 5.69 Å². The number of aromatic nitrogens is 1. The van der Waals surface area contributed by atoms with E-state index < -0.39 is 0 Å². The van der Waals surface area contributed by atoms with Gasteiger partial charge in [0.2, 0.25) is 0 Å². The summed E-state index contributed by atoms with van der Waals surface area (Å²) >= 11 is 0. The third-order valence-electron chi connectivity index (χ3n) is 4.13. The molecule has 0 N–H and O–H groups in total. The van der Waals surface area contributed by atoms with Crippen molar-refractivity contribution in [3.63, 3.8) is 0 Å². The summed E-state index contributed by atoms with van der Waals surface area (Å²) in [5.41, 5.74) is 5.55. The van der Waals surface area contributed by atoms with E-state index in [-0.39, 0.29) is 10.6 Å². The molecular weight excluding hydrogens is 288 g/mol. The van der Waals surface area contributed by atoms with E-state index in [9.17, 15) is 10.1 Å². The van der Waals surface area contributed by atoms with Crippen LogP contribution in [0.1, 0.15) is 17.0 Å². The lowest BCUT2D eigenvalue weighted by atomic mass is 10.1. The fraction of sp³-hybridized carbons (Fsp3) is 0.158. The molecule has 4 nitrogen and oxygen atoms in total. The van der Waals surface area contributed by atoms with Gasteiger partial charge in [-0.05, 0) is 31.0 Å². The van der Waals surface area contributed by atoms with Crippen molar-refractivity contribution in [2.45, 2.75) is 20.4 Å². The van der Waals surface area contributed by atoms with Gasteiger partial charge in [-0.2, -0.15) is 0 Å². The fourth-order valence-electron chi connectivity index (χ4n) is 2.89. The van der Waals surface area contributed by atoms with E-state index >= 15 is 0 Å². The van der Waals surface area contributed by atoms with E-state index in [1.165, 1.54) is 11.6 Å². The Hall–Kier alpha value is -2.88. The van der Waals surface area contributed by atoms with Crippen LogP contribution in [-0.2, 0) is 6.54 Å². The predicted octanol–water partition coefficient (Wildman–Crippen LogP) is 4.73. The number of rotatable bonds is 4. The lowest BCUT2D eigenvalue weighted by Crippen LogP contribution is -2.03.